The number of sulfonamides is 1. The number of hydrogen-bond donors (Lipinski definition) is 3. The zero-order valence-corrected chi connectivity index (χ0v) is 27.2. The molecule has 0 radical (unpaired) electrons. The Bertz CT molecular complexity index is 1340. The van der Waals surface area contributed by atoms with Crippen molar-refractivity contribution < 1.29 is 32.8 Å². The number of aryl methyl sites for hydroxylation is 1. The van der Waals surface area contributed by atoms with Crippen molar-refractivity contribution >= 4 is 27.3 Å². The highest BCUT2D eigenvalue weighted by Gasteiger charge is 2.38. The van der Waals surface area contributed by atoms with Crippen molar-refractivity contribution in [3.8, 4) is 5.75 Å². The number of benzene rings is 2. The van der Waals surface area contributed by atoms with Crippen molar-refractivity contribution in [3.05, 3.63) is 58.1 Å². The summed E-state index contributed by atoms with van der Waals surface area (Å²) in [5, 5.41) is 22.3. The maximum atomic E-state index is 13.5. The summed E-state index contributed by atoms with van der Waals surface area (Å²) in [5.41, 5.74) is 3.53. The molecule has 9 nitrogen and oxygen atoms in total. The fraction of sp³-hybridized carbons (Fsp3) is 0.636. The standard InChI is InChI=1S/C33H47ClN2O7S/c1-41-16-17-42-22-28-7-2-3-8-31(37)29-13-10-25(29)20-36-15-5-4-6-23-18-27(34)12-9-26(23)21-43-32-14-11-24(19-30(32)36)33(38)35-44(28,39)40/h9,11-12,14,18-19,25,28-29,31,33,35,37-38H,2-8,10,13,15-17,20-22H2,1H3/t25-,28+,29+,31+,33+/m0/s1. The van der Waals surface area contributed by atoms with Gasteiger partial charge in [-0.3, -0.25) is 0 Å². The molecule has 0 unspecified atom stereocenters. The second-order valence-electron chi connectivity index (χ2n) is 12.4. The number of hydrogen-bond acceptors (Lipinski definition) is 8. The number of nitrogens with one attached hydrogen (secondary N) is 1. The van der Waals surface area contributed by atoms with Crippen LogP contribution in [0.4, 0.5) is 5.69 Å². The molecule has 2 bridgehead atoms. The van der Waals surface area contributed by atoms with Crippen molar-refractivity contribution in [1.29, 1.82) is 0 Å². The SMILES string of the molecule is COCCOC[C@H]1CCCC[C@@H](O)[C@@H]2CC[C@H]2CN2CCCCc3cc(Cl)ccc3COc3ccc(cc32)[C@@H](O)NS1(=O)=O. The van der Waals surface area contributed by atoms with Crippen LogP contribution < -0.4 is 14.4 Å². The Morgan fingerprint density at radius 1 is 1.00 bits per heavy atom. The molecule has 1 fully saturated rings. The van der Waals surface area contributed by atoms with E-state index in [0.29, 0.717) is 54.7 Å². The van der Waals surface area contributed by atoms with Crippen LogP contribution in [0.3, 0.4) is 0 Å². The summed E-state index contributed by atoms with van der Waals surface area (Å²) in [7, 11) is -2.38. The minimum absolute atomic E-state index is 0.00282. The monoisotopic (exact) mass is 650 g/mol. The molecule has 2 aliphatic heterocycles. The van der Waals surface area contributed by atoms with E-state index in [4.69, 9.17) is 25.8 Å². The summed E-state index contributed by atoms with van der Waals surface area (Å²) >= 11 is 6.32. The number of anilines is 1. The molecule has 2 aromatic rings. The first kappa shape index (κ1) is 33.4. The molecule has 44 heavy (non-hydrogen) atoms. The second-order valence-corrected chi connectivity index (χ2v) is 14.9. The molecular formula is C33H47ClN2O7S. The van der Waals surface area contributed by atoms with Gasteiger partial charge in [-0.2, -0.15) is 4.72 Å². The Morgan fingerprint density at radius 2 is 1.84 bits per heavy atom. The molecule has 2 aromatic carbocycles. The molecule has 5 rings (SSSR count). The van der Waals surface area contributed by atoms with Crippen LogP contribution >= 0.6 is 11.6 Å². The molecule has 3 aliphatic rings. The lowest BCUT2D eigenvalue weighted by Crippen LogP contribution is -2.44. The second kappa shape index (κ2) is 15.6. The van der Waals surface area contributed by atoms with Crippen molar-refractivity contribution in [1.82, 2.24) is 4.72 Å². The Balaban J connectivity index is 1.47. The molecule has 0 saturated heterocycles. The maximum Gasteiger partial charge on any atom is 0.219 e. The first-order valence-electron chi connectivity index (χ1n) is 16.0. The van der Waals surface area contributed by atoms with Gasteiger partial charge in [0.15, 0.2) is 0 Å². The highest BCUT2D eigenvalue weighted by Crippen LogP contribution is 2.42. The van der Waals surface area contributed by atoms with Crippen LogP contribution in [0.2, 0.25) is 5.02 Å². The van der Waals surface area contributed by atoms with E-state index in [9.17, 15) is 18.6 Å². The molecule has 2 heterocycles. The van der Waals surface area contributed by atoms with E-state index >= 15 is 0 Å². The van der Waals surface area contributed by atoms with Crippen molar-refractivity contribution in [2.24, 2.45) is 11.8 Å². The average molecular weight is 651 g/mol. The summed E-state index contributed by atoms with van der Waals surface area (Å²) in [6, 6.07) is 11.3. The molecule has 0 aromatic heterocycles. The Labute approximate surface area is 266 Å². The smallest absolute Gasteiger partial charge is 0.219 e. The van der Waals surface area contributed by atoms with Gasteiger partial charge in [-0.25, -0.2) is 8.42 Å². The van der Waals surface area contributed by atoms with Gasteiger partial charge in [0, 0.05) is 25.2 Å². The topological polar surface area (TPSA) is 118 Å². The van der Waals surface area contributed by atoms with E-state index < -0.39 is 27.6 Å². The zero-order chi connectivity index (χ0) is 31.1. The number of halogens is 1. The normalized spacial score (nSPS) is 28.0. The van der Waals surface area contributed by atoms with Crippen molar-refractivity contribution in [2.45, 2.75) is 82.0 Å². The number of aliphatic hydroxyl groups excluding tert-OH is 2. The fourth-order valence-electron chi connectivity index (χ4n) is 6.68. The summed E-state index contributed by atoms with van der Waals surface area (Å²) in [4.78, 5) is 2.31. The minimum Gasteiger partial charge on any atom is -0.487 e. The van der Waals surface area contributed by atoms with Gasteiger partial charge >= 0.3 is 0 Å². The summed E-state index contributed by atoms with van der Waals surface area (Å²) in [6.07, 6.45) is 5.39. The summed E-state index contributed by atoms with van der Waals surface area (Å²) in [6.45, 7) is 2.56. The van der Waals surface area contributed by atoms with Crippen molar-refractivity contribution in [3.63, 3.8) is 0 Å². The fourth-order valence-corrected chi connectivity index (χ4v) is 8.27. The van der Waals surface area contributed by atoms with E-state index in [0.717, 1.165) is 62.9 Å². The number of ether oxygens (including phenoxy) is 3. The number of rotatable bonds is 5. The lowest BCUT2D eigenvalue weighted by atomic mass is 9.69. The van der Waals surface area contributed by atoms with Crippen molar-refractivity contribution in [2.75, 3.05) is 44.9 Å². The predicted molar refractivity (Wildman–Crippen MR) is 172 cm³/mol. The van der Waals surface area contributed by atoms with Crippen LogP contribution in [0.5, 0.6) is 5.75 Å². The van der Waals surface area contributed by atoms with Gasteiger partial charge in [0.2, 0.25) is 10.0 Å². The third kappa shape index (κ3) is 8.46. The molecule has 5 atom stereocenters. The first-order valence-corrected chi connectivity index (χ1v) is 17.9. The highest BCUT2D eigenvalue weighted by atomic mass is 35.5. The van der Waals surface area contributed by atoms with Gasteiger partial charge < -0.3 is 29.3 Å². The lowest BCUT2D eigenvalue weighted by Gasteiger charge is -2.43. The van der Waals surface area contributed by atoms with Gasteiger partial charge in [0.05, 0.1) is 36.9 Å². The van der Waals surface area contributed by atoms with Gasteiger partial charge in [-0.05, 0) is 97.7 Å². The average Bonchev–Trinajstić information content (AvgIpc) is 3.00. The molecule has 0 spiro atoms. The molecule has 0 amide bonds. The Kier molecular flexibility index (Phi) is 11.8. The maximum absolute atomic E-state index is 13.5. The van der Waals surface area contributed by atoms with Gasteiger partial charge in [0.25, 0.3) is 0 Å². The van der Waals surface area contributed by atoms with Crippen LogP contribution in [-0.2, 0) is 32.5 Å². The van der Waals surface area contributed by atoms with E-state index in [1.165, 1.54) is 5.56 Å². The minimum atomic E-state index is -3.94. The van der Waals surface area contributed by atoms with Crippen LogP contribution in [0.25, 0.3) is 0 Å². The quantitative estimate of drug-likeness (QED) is 0.389. The molecule has 244 valence electrons. The van der Waals surface area contributed by atoms with Gasteiger partial charge in [-0.1, -0.05) is 36.6 Å². The molecule has 3 N–H and O–H groups in total. The molecule has 1 aliphatic carbocycles. The summed E-state index contributed by atoms with van der Waals surface area (Å²) in [5.74, 6) is 1.23. The highest BCUT2D eigenvalue weighted by molar-refractivity contribution is 7.90. The molecule has 11 heteroatoms. The van der Waals surface area contributed by atoms with Crippen LogP contribution in [0.1, 0.15) is 74.3 Å². The first-order chi connectivity index (χ1) is 21.2. The van der Waals surface area contributed by atoms with E-state index in [-0.39, 0.29) is 19.1 Å². The van der Waals surface area contributed by atoms with E-state index in [1.807, 2.05) is 30.3 Å². The Hall–Kier alpha value is -1.92. The lowest BCUT2D eigenvalue weighted by molar-refractivity contribution is 0.00920. The van der Waals surface area contributed by atoms with Crippen LogP contribution in [-0.4, -0.2) is 70.0 Å². The summed E-state index contributed by atoms with van der Waals surface area (Å²) < 4.78 is 46.6. The van der Waals surface area contributed by atoms with Crippen LogP contribution in [0, 0.1) is 11.8 Å². The predicted octanol–water partition coefficient (Wildman–Crippen LogP) is 4.96. The molecular weight excluding hydrogens is 604 g/mol. The third-order valence-corrected chi connectivity index (χ3v) is 11.5. The number of nitrogens with zero attached hydrogens (tertiary/aromatic N) is 1. The van der Waals surface area contributed by atoms with E-state index in [2.05, 4.69) is 9.62 Å². The number of aliphatic hydroxyl groups is 2. The number of fused-ring (bicyclic) bond motifs is 3. The van der Waals surface area contributed by atoms with Gasteiger partial charge in [-0.15, -0.1) is 0 Å². The van der Waals surface area contributed by atoms with E-state index in [1.54, 1.807) is 13.2 Å². The van der Waals surface area contributed by atoms with Crippen LogP contribution in [0.15, 0.2) is 36.4 Å². The van der Waals surface area contributed by atoms with Gasteiger partial charge in [0.1, 0.15) is 18.6 Å². The zero-order valence-electron chi connectivity index (χ0n) is 25.6. The third-order valence-electron chi connectivity index (χ3n) is 9.47. The molecule has 1 saturated carbocycles. The number of methoxy groups -OCH3 is 1. The largest absolute Gasteiger partial charge is 0.487 e. The Morgan fingerprint density at radius 3 is 2.64 bits per heavy atom.